The van der Waals surface area contributed by atoms with E-state index in [1.165, 1.54) is 5.56 Å². The average molecular weight is 544 g/mol. The molecule has 0 radical (unpaired) electrons. The number of carbonyl (C=O) groups is 1. The topological polar surface area (TPSA) is 44.8 Å². The molecule has 30 heavy (non-hydrogen) atoms. The summed E-state index contributed by atoms with van der Waals surface area (Å²) in [5.74, 6) is 2.37. The number of benzene rings is 2. The van der Waals surface area contributed by atoms with Crippen LogP contribution in [0.3, 0.4) is 0 Å². The van der Waals surface area contributed by atoms with Crippen molar-refractivity contribution in [3.8, 4) is 17.2 Å². The lowest BCUT2D eigenvalue weighted by Crippen LogP contribution is -3.00. The van der Waals surface area contributed by atoms with Gasteiger partial charge in [0.05, 0.1) is 39.7 Å². The van der Waals surface area contributed by atoms with Gasteiger partial charge in [0.1, 0.15) is 11.8 Å². The van der Waals surface area contributed by atoms with Gasteiger partial charge in [0.25, 0.3) is 0 Å². The van der Waals surface area contributed by atoms with Crippen molar-refractivity contribution < 1.29 is 47.5 Å². The summed E-state index contributed by atoms with van der Waals surface area (Å²) in [5, 5.41) is 0.712. The van der Waals surface area contributed by atoms with Crippen molar-refractivity contribution in [1.29, 1.82) is 0 Å². The molecule has 0 aliphatic carbocycles. The summed E-state index contributed by atoms with van der Waals surface area (Å²) < 4.78 is 17.8. The fourth-order valence-electron chi connectivity index (χ4n) is 4.37. The van der Waals surface area contributed by atoms with Crippen LogP contribution in [0.25, 0.3) is 0 Å². The summed E-state index contributed by atoms with van der Waals surface area (Å²) in [6.45, 7) is 1.17. The van der Waals surface area contributed by atoms with Gasteiger partial charge in [0.2, 0.25) is 12.5 Å². The molecule has 2 aromatic carbocycles. The Morgan fingerprint density at radius 3 is 2.67 bits per heavy atom. The van der Waals surface area contributed by atoms with Crippen LogP contribution in [0.5, 0.6) is 17.2 Å². The molecule has 7 heteroatoms. The highest BCUT2D eigenvalue weighted by molar-refractivity contribution is 6.30. The summed E-state index contributed by atoms with van der Waals surface area (Å²) in [7, 11) is 6.03. The summed E-state index contributed by atoms with van der Waals surface area (Å²) in [4.78, 5) is 12.9. The van der Waals surface area contributed by atoms with Gasteiger partial charge in [-0.3, -0.25) is 4.79 Å². The highest BCUT2D eigenvalue weighted by atomic mass is 127. The zero-order valence-electron chi connectivity index (χ0n) is 17.5. The summed E-state index contributed by atoms with van der Waals surface area (Å²) in [5.41, 5.74) is 3.41. The number of rotatable bonds is 6. The Hall–Kier alpha value is -1.51. The van der Waals surface area contributed by atoms with E-state index < -0.39 is 0 Å². The SMILES string of the molecule is COc1c2c(cc3c1C(CC(=O)CCc1ccc(Cl)cc1)[N+](C)(C)CC3)OCO2.[I-]. The Kier molecular flexibility index (Phi) is 7.20. The number of ketones is 1. The lowest BCUT2D eigenvalue weighted by atomic mass is 9.86. The first-order valence-corrected chi connectivity index (χ1v) is 10.3. The standard InChI is InChI=1S/C23H27ClNO4.HI/c1-25(2)11-10-16-12-20-22(29-14-28-20)23(27-3)21(16)19(25)13-18(26)9-6-15-4-7-17(24)8-5-15;/h4-5,7-8,12,19H,6,9-11,13-14H2,1-3H3;1H/q+1;/p-1. The zero-order valence-corrected chi connectivity index (χ0v) is 20.5. The van der Waals surface area contributed by atoms with Crippen molar-refractivity contribution in [2.24, 2.45) is 0 Å². The quantitative estimate of drug-likeness (QED) is 0.408. The molecule has 0 saturated carbocycles. The van der Waals surface area contributed by atoms with E-state index in [1.807, 2.05) is 24.3 Å². The predicted octanol–water partition coefficient (Wildman–Crippen LogP) is 1.35. The number of hydrogen-bond donors (Lipinski definition) is 0. The molecular formula is C23H27ClINO4. The summed E-state index contributed by atoms with van der Waals surface area (Å²) in [6, 6.07) is 9.79. The fourth-order valence-corrected chi connectivity index (χ4v) is 4.49. The molecule has 0 bridgehead atoms. The number of Topliss-reactive ketones (excluding diaryl/α,β-unsaturated/α-hetero) is 1. The third kappa shape index (κ3) is 4.55. The lowest BCUT2D eigenvalue weighted by Gasteiger charge is -2.43. The van der Waals surface area contributed by atoms with Crippen LogP contribution in [0.2, 0.25) is 5.02 Å². The molecule has 0 amide bonds. The fraction of sp³-hybridized carbons (Fsp3) is 0.435. The second-order valence-corrected chi connectivity index (χ2v) is 8.79. The van der Waals surface area contributed by atoms with Crippen LogP contribution in [0.4, 0.5) is 0 Å². The van der Waals surface area contributed by atoms with Crippen LogP contribution in [0.15, 0.2) is 30.3 Å². The van der Waals surface area contributed by atoms with Gasteiger partial charge < -0.3 is 42.7 Å². The number of ether oxygens (including phenoxy) is 3. The van der Waals surface area contributed by atoms with Gasteiger partial charge in [-0.05, 0) is 35.7 Å². The lowest BCUT2D eigenvalue weighted by molar-refractivity contribution is -0.922. The molecule has 162 valence electrons. The first-order chi connectivity index (χ1) is 13.9. The maximum atomic E-state index is 12.9. The molecule has 2 aromatic rings. The van der Waals surface area contributed by atoms with Crippen LogP contribution in [0, 0.1) is 0 Å². The van der Waals surface area contributed by atoms with E-state index in [1.54, 1.807) is 7.11 Å². The molecule has 4 rings (SSSR count). The Morgan fingerprint density at radius 1 is 1.23 bits per heavy atom. The van der Waals surface area contributed by atoms with Crippen molar-refractivity contribution >= 4 is 17.4 Å². The first kappa shape index (κ1) is 23.2. The van der Waals surface area contributed by atoms with Gasteiger partial charge >= 0.3 is 0 Å². The van der Waals surface area contributed by atoms with Gasteiger partial charge in [-0.15, -0.1) is 0 Å². The average Bonchev–Trinajstić information content (AvgIpc) is 3.16. The van der Waals surface area contributed by atoms with Gasteiger partial charge in [0.15, 0.2) is 11.5 Å². The van der Waals surface area contributed by atoms with Crippen LogP contribution in [-0.2, 0) is 17.6 Å². The Morgan fingerprint density at radius 2 is 1.97 bits per heavy atom. The molecule has 2 heterocycles. The van der Waals surface area contributed by atoms with E-state index in [2.05, 4.69) is 20.2 Å². The van der Waals surface area contributed by atoms with Crippen molar-refractivity contribution in [3.05, 3.63) is 52.0 Å². The number of hydrogen-bond acceptors (Lipinski definition) is 4. The van der Waals surface area contributed by atoms with E-state index in [0.717, 1.165) is 46.5 Å². The molecule has 0 N–H and O–H groups in total. The van der Waals surface area contributed by atoms with E-state index in [9.17, 15) is 4.79 Å². The smallest absolute Gasteiger partial charge is 0.231 e. The van der Waals surface area contributed by atoms with Crippen molar-refractivity contribution in [2.75, 3.05) is 34.5 Å². The van der Waals surface area contributed by atoms with Gasteiger partial charge in [0, 0.05) is 17.9 Å². The molecule has 5 nitrogen and oxygen atoms in total. The second kappa shape index (κ2) is 9.32. The molecular weight excluding hydrogens is 517 g/mol. The normalized spacial score (nSPS) is 18.3. The molecule has 0 aromatic heterocycles. The minimum Gasteiger partial charge on any atom is -1.00 e. The molecule has 1 unspecified atom stereocenters. The summed E-state index contributed by atoms with van der Waals surface area (Å²) >= 11 is 5.95. The van der Waals surface area contributed by atoms with Crippen molar-refractivity contribution in [3.63, 3.8) is 0 Å². The van der Waals surface area contributed by atoms with Crippen LogP contribution < -0.4 is 38.2 Å². The number of methoxy groups -OCH3 is 1. The maximum absolute atomic E-state index is 12.9. The van der Waals surface area contributed by atoms with Crippen LogP contribution in [0.1, 0.15) is 35.6 Å². The highest BCUT2D eigenvalue weighted by Gasteiger charge is 2.42. The second-order valence-electron chi connectivity index (χ2n) is 8.35. The largest absolute Gasteiger partial charge is 1.00 e. The molecule has 2 aliphatic rings. The zero-order chi connectivity index (χ0) is 20.6. The number of likely N-dealkylation sites (N-methyl/N-ethyl adjacent to an activating group) is 1. The monoisotopic (exact) mass is 543 g/mol. The molecule has 0 spiro atoms. The van der Waals surface area contributed by atoms with E-state index in [4.69, 9.17) is 25.8 Å². The third-order valence-corrected chi connectivity index (χ3v) is 6.36. The van der Waals surface area contributed by atoms with E-state index in [-0.39, 0.29) is 42.6 Å². The Balaban J connectivity index is 0.00000256. The van der Waals surface area contributed by atoms with Crippen LogP contribution >= 0.6 is 11.6 Å². The molecule has 0 fully saturated rings. The third-order valence-electron chi connectivity index (χ3n) is 6.11. The van der Waals surface area contributed by atoms with Gasteiger partial charge in [-0.1, -0.05) is 23.7 Å². The van der Waals surface area contributed by atoms with Crippen molar-refractivity contribution in [1.82, 2.24) is 0 Å². The molecule has 1 atom stereocenters. The Labute approximate surface area is 199 Å². The minimum atomic E-state index is 0. The molecule has 0 saturated heterocycles. The van der Waals surface area contributed by atoms with Gasteiger partial charge in [-0.2, -0.15) is 0 Å². The van der Waals surface area contributed by atoms with Crippen molar-refractivity contribution in [2.45, 2.75) is 31.7 Å². The highest BCUT2D eigenvalue weighted by Crippen LogP contribution is 2.51. The number of fused-ring (bicyclic) bond motifs is 2. The number of nitrogens with zero attached hydrogens (tertiary/aromatic N) is 1. The van der Waals surface area contributed by atoms with Crippen LogP contribution in [-0.4, -0.2) is 44.8 Å². The number of halogens is 2. The van der Waals surface area contributed by atoms with E-state index >= 15 is 0 Å². The summed E-state index contributed by atoms with van der Waals surface area (Å²) in [6.07, 6.45) is 2.63. The van der Waals surface area contributed by atoms with Gasteiger partial charge in [-0.25, -0.2) is 0 Å². The minimum absolute atomic E-state index is 0. The maximum Gasteiger partial charge on any atom is 0.231 e. The van der Waals surface area contributed by atoms with E-state index in [0.29, 0.717) is 23.6 Å². The molecule has 2 aliphatic heterocycles. The number of carbonyl (C=O) groups excluding carboxylic acids is 1. The number of quaternary nitrogens is 1. The predicted molar refractivity (Wildman–Crippen MR) is 112 cm³/mol. The first-order valence-electron chi connectivity index (χ1n) is 9.97. The Bertz CT molecular complexity index is 930. The number of aryl methyl sites for hydroxylation is 1.